The number of anilines is 1. The average molecular weight is 237 g/mol. The van der Waals surface area contributed by atoms with Crippen LogP contribution >= 0.6 is 0 Å². The Kier molecular flexibility index (Phi) is 2.92. The van der Waals surface area contributed by atoms with Crippen LogP contribution in [0.4, 0.5) is 5.82 Å². The summed E-state index contributed by atoms with van der Waals surface area (Å²) in [7, 11) is 0. The van der Waals surface area contributed by atoms with Gasteiger partial charge in [-0.05, 0) is 12.1 Å². The summed E-state index contributed by atoms with van der Waals surface area (Å²) in [5, 5.41) is 11.2. The Morgan fingerprint density at radius 3 is 3.18 bits per heavy atom. The summed E-state index contributed by atoms with van der Waals surface area (Å²) in [4.78, 5) is 26.1. The number of nitrogens with one attached hydrogen (secondary N) is 1. The molecule has 1 aliphatic rings. The lowest BCUT2D eigenvalue weighted by Crippen LogP contribution is -2.44. The van der Waals surface area contributed by atoms with Crippen LogP contribution in [-0.2, 0) is 9.59 Å². The monoisotopic (exact) mass is 237 g/mol. The Bertz CT molecular complexity index is 463. The number of pyridine rings is 1. The number of carbonyl (C=O) groups excluding carboxylic acids is 1. The Balaban J connectivity index is 2.12. The predicted octanol–water partition coefficient (Wildman–Crippen LogP) is -0.417. The van der Waals surface area contributed by atoms with E-state index < -0.39 is 24.0 Å². The topological polar surface area (TPSA) is 115 Å². The third-order valence-electron chi connectivity index (χ3n) is 2.36. The minimum absolute atomic E-state index is 0.0878. The summed E-state index contributed by atoms with van der Waals surface area (Å²) in [5.74, 6) is -0.862. The van der Waals surface area contributed by atoms with Crippen LogP contribution in [0.1, 0.15) is 6.42 Å². The lowest BCUT2D eigenvalue weighted by molar-refractivity contribution is -0.139. The number of hydrogen-bond donors (Lipinski definition) is 3. The van der Waals surface area contributed by atoms with Gasteiger partial charge in [0.1, 0.15) is 6.04 Å². The Labute approximate surface area is 96.6 Å². The molecular formula is C10H11N3O4. The first kappa shape index (κ1) is 11.3. The molecule has 0 bridgehead atoms. The fourth-order valence-corrected chi connectivity index (χ4v) is 1.47. The highest BCUT2D eigenvalue weighted by molar-refractivity contribution is 5.97. The number of fused-ring (bicyclic) bond motifs is 1. The second-order valence-corrected chi connectivity index (χ2v) is 3.63. The first-order valence-electron chi connectivity index (χ1n) is 4.99. The van der Waals surface area contributed by atoms with Crippen molar-refractivity contribution in [2.45, 2.75) is 18.6 Å². The average Bonchev–Trinajstić information content (AvgIpc) is 2.29. The summed E-state index contributed by atoms with van der Waals surface area (Å²) < 4.78 is 5.35. The molecule has 7 nitrogen and oxygen atoms in total. The number of nitrogens with zero attached hydrogens (tertiary/aromatic N) is 1. The maximum absolute atomic E-state index is 11.6. The number of carbonyl (C=O) groups is 2. The van der Waals surface area contributed by atoms with Crippen LogP contribution in [0.25, 0.3) is 0 Å². The van der Waals surface area contributed by atoms with Gasteiger partial charge in [-0.2, -0.15) is 0 Å². The number of ether oxygens (including phenoxy) is 1. The normalized spacial score (nSPS) is 19.8. The van der Waals surface area contributed by atoms with Gasteiger partial charge in [0.25, 0.3) is 5.91 Å². The number of aromatic nitrogens is 1. The van der Waals surface area contributed by atoms with Gasteiger partial charge in [-0.3, -0.25) is 9.59 Å². The molecule has 1 aliphatic heterocycles. The maximum atomic E-state index is 11.6. The van der Waals surface area contributed by atoms with Crippen molar-refractivity contribution in [1.82, 2.24) is 4.98 Å². The summed E-state index contributed by atoms with van der Waals surface area (Å²) in [6.07, 6.45) is 0.527. The Hall–Kier alpha value is -2.15. The standard InChI is InChI=1S/C10H11N3O4/c11-5(10(15)16)4-7-9(14)13-8-6(17-7)2-1-3-12-8/h1-3,5,7H,4,11H2,(H,15,16)(H,12,13,14). The zero-order valence-corrected chi connectivity index (χ0v) is 8.79. The lowest BCUT2D eigenvalue weighted by atomic mass is 10.1. The molecule has 1 aromatic heterocycles. The highest BCUT2D eigenvalue weighted by Gasteiger charge is 2.31. The number of rotatable bonds is 3. The number of nitrogens with two attached hydrogens (primary N) is 1. The number of amides is 1. The Morgan fingerprint density at radius 2 is 2.47 bits per heavy atom. The van der Waals surface area contributed by atoms with E-state index in [-0.39, 0.29) is 6.42 Å². The van der Waals surface area contributed by atoms with Gasteiger partial charge in [0.05, 0.1) is 0 Å². The van der Waals surface area contributed by atoms with E-state index >= 15 is 0 Å². The SMILES string of the molecule is NC(CC1Oc2cccnc2NC1=O)C(=O)O. The molecule has 0 saturated carbocycles. The molecule has 1 amide bonds. The number of hydrogen-bond acceptors (Lipinski definition) is 5. The van der Waals surface area contributed by atoms with Crippen LogP contribution < -0.4 is 15.8 Å². The van der Waals surface area contributed by atoms with E-state index in [1.54, 1.807) is 12.1 Å². The van der Waals surface area contributed by atoms with Gasteiger partial charge in [-0.15, -0.1) is 0 Å². The molecule has 0 fully saturated rings. The smallest absolute Gasteiger partial charge is 0.320 e. The third-order valence-corrected chi connectivity index (χ3v) is 2.36. The minimum Gasteiger partial charge on any atom is -0.480 e. The van der Waals surface area contributed by atoms with Gasteiger partial charge in [0.2, 0.25) is 0 Å². The van der Waals surface area contributed by atoms with Crippen molar-refractivity contribution >= 4 is 17.7 Å². The predicted molar refractivity (Wildman–Crippen MR) is 57.5 cm³/mol. The van der Waals surface area contributed by atoms with E-state index in [1.165, 1.54) is 6.20 Å². The third kappa shape index (κ3) is 2.34. The highest BCUT2D eigenvalue weighted by atomic mass is 16.5. The van der Waals surface area contributed by atoms with Crippen LogP contribution in [-0.4, -0.2) is 34.1 Å². The van der Waals surface area contributed by atoms with E-state index in [4.69, 9.17) is 15.6 Å². The first-order valence-corrected chi connectivity index (χ1v) is 4.99. The van der Waals surface area contributed by atoms with Crippen LogP contribution in [0.2, 0.25) is 0 Å². The Morgan fingerprint density at radius 1 is 1.71 bits per heavy atom. The van der Waals surface area contributed by atoms with Gasteiger partial charge in [-0.1, -0.05) is 0 Å². The van der Waals surface area contributed by atoms with Crippen molar-refractivity contribution in [3.05, 3.63) is 18.3 Å². The van der Waals surface area contributed by atoms with E-state index in [9.17, 15) is 9.59 Å². The van der Waals surface area contributed by atoms with Crippen molar-refractivity contribution in [3.63, 3.8) is 0 Å². The quantitative estimate of drug-likeness (QED) is 0.658. The molecule has 90 valence electrons. The second kappa shape index (κ2) is 4.38. The summed E-state index contributed by atoms with van der Waals surface area (Å²) in [5.41, 5.74) is 5.35. The van der Waals surface area contributed by atoms with E-state index in [2.05, 4.69) is 10.3 Å². The van der Waals surface area contributed by atoms with Gasteiger partial charge in [0, 0.05) is 12.6 Å². The molecule has 0 aromatic carbocycles. The molecule has 2 rings (SSSR count). The highest BCUT2D eigenvalue weighted by Crippen LogP contribution is 2.27. The van der Waals surface area contributed by atoms with Crippen LogP contribution in [0.3, 0.4) is 0 Å². The molecule has 0 aliphatic carbocycles. The molecule has 2 unspecified atom stereocenters. The van der Waals surface area contributed by atoms with Crippen LogP contribution in [0.15, 0.2) is 18.3 Å². The molecule has 7 heteroatoms. The number of carboxylic acids is 1. The zero-order chi connectivity index (χ0) is 12.4. The molecule has 1 aromatic rings. The van der Waals surface area contributed by atoms with Crippen molar-refractivity contribution in [3.8, 4) is 5.75 Å². The first-order chi connectivity index (χ1) is 8.08. The van der Waals surface area contributed by atoms with Gasteiger partial charge in [-0.25, -0.2) is 4.98 Å². The van der Waals surface area contributed by atoms with Gasteiger partial charge >= 0.3 is 5.97 Å². The molecule has 0 spiro atoms. The van der Waals surface area contributed by atoms with Crippen molar-refractivity contribution < 1.29 is 19.4 Å². The molecule has 17 heavy (non-hydrogen) atoms. The van der Waals surface area contributed by atoms with Crippen molar-refractivity contribution in [2.24, 2.45) is 5.73 Å². The summed E-state index contributed by atoms with van der Waals surface area (Å²) in [6.45, 7) is 0. The van der Waals surface area contributed by atoms with Gasteiger partial charge < -0.3 is 20.9 Å². The maximum Gasteiger partial charge on any atom is 0.320 e. The second-order valence-electron chi connectivity index (χ2n) is 3.63. The molecule has 4 N–H and O–H groups in total. The number of carboxylic acid groups (broad SMARTS) is 1. The van der Waals surface area contributed by atoms with Crippen LogP contribution in [0, 0.1) is 0 Å². The van der Waals surface area contributed by atoms with Crippen molar-refractivity contribution in [1.29, 1.82) is 0 Å². The van der Waals surface area contributed by atoms with E-state index in [0.29, 0.717) is 11.6 Å². The fraction of sp³-hybridized carbons (Fsp3) is 0.300. The van der Waals surface area contributed by atoms with Gasteiger partial charge in [0.15, 0.2) is 17.7 Å². The fourth-order valence-electron chi connectivity index (χ4n) is 1.47. The summed E-state index contributed by atoms with van der Waals surface area (Å²) >= 11 is 0. The molecule has 0 saturated heterocycles. The minimum atomic E-state index is -1.17. The molecule has 2 atom stereocenters. The van der Waals surface area contributed by atoms with E-state index in [0.717, 1.165) is 0 Å². The molecular weight excluding hydrogens is 226 g/mol. The molecule has 0 radical (unpaired) electrons. The lowest BCUT2D eigenvalue weighted by Gasteiger charge is -2.25. The largest absolute Gasteiger partial charge is 0.480 e. The van der Waals surface area contributed by atoms with Crippen molar-refractivity contribution in [2.75, 3.05) is 5.32 Å². The summed E-state index contributed by atoms with van der Waals surface area (Å²) in [6, 6.07) is 2.16. The number of aliphatic carboxylic acids is 1. The van der Waals surface area contributed by atoms with Crippen LogP contribution in [0.5, 0.6) is 5.75 Å². The molecule has 2 heterocycles. The van der Waals surface area contributed by atoms with E-state index in [1.807, 2.05) is 0 Å². The zero-order valence-electron chi connectivity index (χ0n) is 8.79.